The zero-order valence-electron chi connectivity index (χ0n) is 27.8. The average molecular weight is 691 g/mol. The second-order valence-electron chi connectivity index (χ2n) is 14.3. The van der Waals surface area contributed by atoms with Crippen molar-refractivity contribution in [3.05, 3.63) is 107 Å². The summed E-state index contributed by atoms with van der Waals surface area (Å²) in [5, 5.41) is 10.7. The first-order valence-electron chi connectivity index (χ1n) is 17.6. The van der Waals surface area contributed by atoms with Crippen molar-refractivity contribution >= 4 is 47.0 Å². The van der Waals surface area contributed by atoms with Gasteiger partial charge in [-0.05, 0) is 73.1 Å². The van der Waals surface area contributed by atoms with E-state index in [0.717, 1.165) is 43.2 Å². The monoisotopic (exact) mass is 690 g/mol. The van der Waals surface area contributed by atoms with E-state index in [9.17, 15) is 19.5 Å². The molecule has 4 amide bonds. The summed E-state index contributed by atoms with van der Waals surface area (Å²) >= 11 is 6.40. The van der Waals surface area contributed by atoms with Gasteiger partial charge in [-0.25, -0.2) is 4.90 Å². The molecule has 8 nitrogen and oxygen atoms in total. The number of halogens is 1. The normalized spacial score (nSPS) is 29.6. The maximum Gasteiger partial charge on any atom is 0.246 e. The fourth-order valence-electron chi connectivity index (χ4n) is 9.72. The third kappa shape index (κ3) is 4.86. The number of hydrogen-bond acceptors (Lipinski definition) is 6. The Morgan fingerprint density at radius 2 is 1.66 bits per heavy atom. The Kier molecular flexibility index (Phi) is 8.17. The Hall–Kier alpha value is -4.69. The number of rotatable bonds is 6. The zero-order chi connectivity index (χ0) is 34.7. The Bertz CT molecular complexity index is 1950. The summed E-state index contributed by atoms with van der Waals surface area (Å²) in [4.78, 5) is 61.3. The van der Waals surface area contributed by atoms with Crippen LogP contribution in [0.1, 0.15) is 56.1 Å². The van der Waals surface area contributed by atoms with Crippen molar-refractivity contribution in [2.24, 2.45) is 29.6 Å². The number of hydrogen-bond donors (Lipinski definition) is 1. The van der Waals surface area contributed by atoms with Crippen LogP contribution in [0.2, 0.25) is 5.02 Å². The predicted molar refractivity (Wildman–Crippen MR) is 189 cm³/mol. The van der Waals surface area contributed by atoms with E-state index >= 15 is 4.79 Å². The summed E-state index contributed by atoms with van der Waals surface area (Å²) in [6.45, 7) is 0. The molecule has 1 N–H and O–H groups in total. The first kappa shape index (κ1) is 32.5. The summed E-state index contributed by atoms with van der Waals surface area (Å²) in [6, 6.07) is 21.2. The SMILES string of the molecule is COc1cc(C=C[C@H]2C3=CC[C@@H]4C(=O)N(C5CCCCC5)C(=O)[C@@H]4[C@@H]3C[C@H]3C(=O)N(c4cccc(Cl)c4)C(=O)[C@@]23c2ccccc2)ccc1O. The van der Waals surface area contributed by atoms with E-state index in [1.165, 1.54) is 12.0 Å². The van der Waals surface area contributed by atoms with Gasteiger partial charge in [0, 0.05) is 17.0 Å². The van der Waals surface area contributed by atoms with Crippen LogP contribution in [0.15, 0.2) is 90.5 Å². The molecule has 3 aromatic carbocycles. The molecule has 50 heavy (non-hydrogen) atoms. The Labute approximate surface area is 296 Å². The Morgan fingerprint density at radius 3 is 2.40 bits per heavy atom. The van der Waals surface area contributed by atoms with Gasteiger partial charge >= 0.3 is 0 Å². The van der Waals surface area contributed by atoms with Gasteiger partial charge in [0.25, 0.3) is 0 Å². The van der Waals surface area contributed by atoms with Crippen molar-refractivity contribution in [3.63, 3.8) is 0 Å². The Balaban J connectivity index is 1.31. The van der Waals surface area contributed by atoms with Crippen LogP contribution >= 0.6 is 11.6 Å². The number of methoxy groups -OCH3 is 1. The number of phenols is 1. The van der Waals surface area contributed by atoms with Crippen LogP contribution in [0.4, 0.5) is 5.69 Å². The number of ether oxygens (including phenoxy) is 1. The number of imide groups is 2. The lowest BCUT2D eigenvalue weighted by molar-refractivity contribution is -0.144. The molecule has 4 fully saturated rings. The first-order chi connectivity index (χ1) is 24.2. The van der Waals surface area contributed by atoms with Gasteiger partial charge in [-0.2, -0.15) is 0 Å². The zero-order valence-corrected chi connectivity index (χ0v) is 28.6. The lowest BCUT2D eigenvalue weighted by atomic mass is 9.50. The largest absolute Gasteiger partial charge is 0.504 e. The number of benzene rings is 3. The van der Waals surface area contributed by atoms with Gasteiger partial charge in [0.05, 0.1) is 36.0 Å². The number of aromatic hydroxyl groups is 1. The third-order valence-electron chi connectivity index (χ3n) is 11.9. The summed E-state index contributed by atoms with van der Waals surface area (Å²) in [5.74, 6) is -3.52. The molecule has 3 aromatic rings. The van der Waals surface area contributed by atoms with E-state index in [2.05, 4.69) is 6.08 Å². The van der Waals surface area contributed by atoms with E-state index in [0.29, 0.717) is 28.4 Å². The number of anilines is 1. The second-order valence-corrected chi connectivity index (χ2v) is 14.7. The first-order valence-corrected chi connectivity index (χ1v) is 17.9. The molecule has 2 heterocycles. The van der Waals surface area contributed by atoms with Crippen LogP contribution in [0.5, 0.6) is 11.5 Å². The lowest BCUT2D eigenvalue weighted by Gasteiger charge is -2.49. The quantitative estimate of drug-likeness (QED) is 0.219. The molecular weight excluding hydrogens is 652 g/mol. The van der Waals surface area contributed by atoms with Crippen molar-refractivity contribution in [3.8, 4) is 11.5 Å². The molecule has 6 atom stereocenters. The summed E-state index contributed by atoms with van der Waals surface area (Å²) < 4.78 is 5.37. The maximum absolute atomic E-state index is 15.2. The van der Waals surface area contributed by atoms with Crippen LogP contribution in [-0.2, 0) is 24.6 Å². The van der Waals surface area contributed by atoms with E-state index in [1.807, 2.05) is 42.5 Å². The van der Waals surface area contributed by atoms with Gasteiger partial charge < -0.3 is 9.84 Å². The molecule has 0 bridgehead atoms. The highest BCUT2D eigenvalue weighted by atomic mass is 35.5. The average Bonchev–Trinajstić information content (AvgIpc) is 3.53. The minimum atomic E-state index is -1.33. The highest BCUT2D eigenvalue weighted by Crippen LogP contribution is 2.62. The van der Waals surface area contributed by atoms with Gasteiger partial charge in [0.1, 0.15) is 0 Å². The van der Waals surface area contributed by atoms with Gasteiger partial charge in [-0.3, -0.25) is 24.1 Å². The molecule has 2 saturated heterocycles. The van der Waals surface area contributed by atoms with Crippen molar-refractivity contribution in [2.75, 3.05) is 12.0 Å². The fraction of sp³-hybridized carbons (Fsp3) is 0.366. The van der Waals surface area contributed by atoms with Crippen molar-refractivity contribution < 1.29 is 29.0 Å². The van der Waals surface area contributed by atoms with E-state index < -0.39 is 35.0 Å². The molecule has 0 aromatic heterocycles. The van der Waals surface area contributed by atoms with Crippen LogP contribution in [0, 0.1) is 29.6 Å². The molecular formula is C41H39ClN2O6. The van der Waals surface area contributed by atoms with Crippen LogP contribution in [-0.4, -0.2) is 46.8 Å². The van der Waals surface area contributed by atoms with Crippen LogP contribution in [0.3, 0.4) is 0 Å². The van der Waals surface area contributed by atoms with Crippen molar-refractivity contribution in [1.29, 1.82) is 0 Å². The lowest BCUT2D eigenvalue weighted by Crippen LogP contribution is -2.54. The smallest absolute Gasteiger partial charge is 0.246 e. The number of likely N-dealkylation sites (tertiary alicyclic amines) is 1. The number of carbonyl (C=O) groups excluding carboxylic acids is 4. The number of amides is 4. The number of nitrogens with zero attached hydrogens (tertiary/aromatic N) is 2. The number of fused-ring (bicyclic) bond motifs is 4. The molecule has 2 saturated carbocycles. The number of carbonyl (C=O) groups is 4. The minimum Gasteiger partial charge on any atom is -0.504 e. The number of phenolic OH excluding ortho intramolecular Hbond substituents is 1. The van der Waals surface area contributed by atoms with Crippen LogP contribution < -0.4 is 9.64 Å². The maximum atomic E-state index is 15.2. The van der Waals surface area contributed by atoms with Gasteiger partial charge in [-0.1, -0.05) is 97.1 Å². The summed E-state index contributed by atoms with van der Waals surface area (Å²) in [6.07, 6.45) is 11.3. The van der Waals surface area contributed by atoms with Gasteiger partial charge in [0.2, 0.25) is 23.6 Å². The van der Waals surface area contributed by atoms with E-state index in [-0.39, 0.29) is 41.8 Å². The highest BCUT2D eigenvalue weighted by molar-refractivity contribution is 6.32. The highest BCUT2D eigenvalue weighted by Gasteiger charge is 2.69. The summed E-state index contributed by atoms with van der Waals surface area (Å²) in [5.41, 5.74) is 1.42. The molecule has 256 valence electrons. The molecule has 3 aliphatic carbocycles. The molecule has 5 aliphatic rings. The van der Waals surface area contributed by atoms with Gasteiger partial charge in [0.15, 0.2) is 11.5 Å². The van der Waals surface area contributed by atoms with Gasteiger partial charge in [-0.15, -0.1) is 0 Å². The fourth-order valence-corrected chi connectivity index (χ4v) is 9.90. The molecule has 8 rings (SSSR count). The van der Waals surface area contributed by atoms with Crippen LogP contribution in [0.25, 0.3) is 6.08 Å². The molecule has 2 aliphatic heterocycles. The molecule has 0 spiro atoms. The van der Waals surface area contributed by atoms with Crippen molar-refractivity contribution in [2.45, 2.75) is 56.4 Å². The third-order valence-corrected chi connectivity index (χ3v) is 12.1. The Morgan fingerprint density at radius 1 is 0.880 bits per heavy atom. The van der Waals surface area contributed by atoms with E-state index in [4.69, 9.17) is 16.3 Å². The van der Waals surface area contributed by atoms with Crippen molar-refractivity contribution in [1.82, 2.24) is 4.90 Å². The minimum absolute atomic E-state index is 0.00453. The second kappa shape index (κ2) is 12.6. The van der Waals surface area contributed by atoms with E-state index in [1.54, 1.807) is 47.4 Å². The predicted octanol–water partition coefficient (Wildman–Crippen LogP) is 7.10. The molecule has 0 radical (unpaired) electrons. The number of allylic oxidation sites excluding steroid dienone is 3. The summed E-state index contributed by atoms with van der Waals surface area (Å²) in [7, 11) is 1.48. The topological polar surface area (TPSA) is 104 Å². The molecule has 0 unspecified atom stereocenters. The standard InChI is InChI=1S/C41H39ClN2O6/c1-50-35-21-24(16-20-34(35)45)15-19-32-29-17-18-30-36(39(48)43(37(30)46)27-12-6-3-7-13-27)31(29)23-33-38(47)44(28-14-8-11-26(42)22-28)40(49)41(32,33)25-9-4-2-5-10-25/h2,4-5,8-11,14-17,19-22,27,30-33,36,45H,3,6-7,12-13,18,23H2,1H3/t30-,31+,32-,33-,36-,41-/m0/s1. The molecule has 9 heteroatoms.